The molecule has 0 aliphatic carbocycles. The second kappa shape index (κ2) is 6.14. The van der Waals surface area contributed by atoms with Crippen LogP contribution in [-0.4, -0.2) is 42.9 Å². The number of piperidine rings is 1. The standard InChI is InChI=1S/C17H23FN2O/c1-13(21)17-15(18)6-5-7-16(17)20-11-8-14(12-20)19-9-3-2-4-10-19/h5-7,14H,2-4,8-12H2,1H3. The lowest BCUT2D eigenvalue weighted by Gasteiger charge is -2.32. The van der Waals surface area contributed by atoms with Crippen molar-refractivity contribution in [2.24, 2.45) is 0 Å². The van der Waals surface area contributed by atoms with Crippen LogP contribution in [0, 0.1) is 5.82 Å². The number of carbonyl (C=O) groups is 1. The summed E-state index contributed by atoms with van der Waals surface area (Å²) in [5.41, 5.74) is 1.01. The molecular weight excluding hydrogens is 267 g/mol. The highest BCUT2D eigenvalue weighted by Crippen LogP contribution is 2.29. The summed E-state index contributed by atoms with van der Waals surface area (Å²) in [5, 5.41) is 0. The second-order valence-electron chi connectivity index (χ2n) is 6.18. The number of ketones is 1. The van der Waals surface area contributed by atoms with Crippen LogP contribution in [0.2, 0.25) is 0 Å². The second-order valence-corrected chi connectivity index (χ2v) is 6.18. The van der Waals surface area contributed by atoms with Gasteiger partial charge in [-0.05, 0) is 51.4 Å². The number of hydrogen-bond acceptors (Lipinski definition) is 3. The molecule has 2 aliphatic rings. The van der Waals surface area contributed by atoms with Crippen molar-refractivity contribution in [3.05, 3.63) is 29.6 Å². The number of halogens is 1. The minimum atomic E-state index is -0.401. The molecule has 2 heterocycles. The Morgan fingerprint density at radius 2 is 1.95 bits per heavy atom. The van der Waals surface area contributed by atoms with Crippen LogP contribution in [0.25, 0.3) is 0 Å². The van der Waals surface area contributed by atoms with E-state index in [1.807, 2.05) is 6.07 Å². The Bertz CT molecular complexity index is 526. The fourth-order valence-corrected chi connectivity index (χ4v) is 3.67. The van der Waals surface area contributed by atoms with E-state index in [2.05, 4.69) is 9.80 Å². The van der Waals surface area contributed by atoms with Gasteiger partial charge in [-0.25, -0.2) is 4.39 Å². The molecule has 1 aromatic rings. The van der Waals surface area contributed by atoms with Gasteiger partial charge in [-0.2, -0.15) is 0 Å². The van der Waals surface area contributed by atoms with Crippen LogP contribution in [0.3, 0.4) is 0 Å². The highest BCUT2D eigenvalue weighted by molar-refractivity contribution is 6.00. The van der Waals surface area contributed by atoms with Gasteiger partial charge in [-0.3, -0.25) is 9.69 Å². The van der Waals surface area contributed by atoms with E-state index in [9.17, 15) is 9.18 Å². The third-order valence-electron chi connectivity index (χ3n) is 4.75. The molecule has 2 fully saturated rings. The lowest BCUT2D eigenvalue weighted by atomic mass is 10.1. The van der Waals surface area contributed by atoms with Crippen LogP contribution in [0.5, 0.6) is 0 Å². The minimum Gasteiger partial charge on any atom is -0.369 e. The molecule has 114 valence electrons. The Hall–Kier alpha value is -1.42. The van der Waals surface area contributed by atoms with Crippen LogP contribution < -0.4 is 4.90 Å². The molecule has 1 atom stereocenters. The number of anilines is 1. The van der Waals surface area contributed by atoms with Crippen molar-refractivity contribution in [2.75, 3.05) is 31.1 Å². The van der Waals surface area contributed by atoms with Crippen molar-refractivity contribution in [1.82, 2.24) is 4.90 Å². The fourth-order valence-electron chi connectivity index (χ4n) is 3.67. The molecule has 0 N–H and O–H groups in total. The smallest absolute Gasteiger partial charge is 0.164 e. The number of carbonyl (C=O) groups excluding carboxylic acids is 1. The van der Waals surface area contributed by atoms with Crippen LogP contribution in [0.15, 0.2) is 18.2 Å². The minimum absolute atomic E-state index is 0.190. The molecule has 0 radical (unpaired) electrons. The molecule has 4 heteroatoms. The maximum absolute atomic E-state index is 13.9. The van der Waals surface area contributed by atoms with Gasteiger partial charge in [-0.15, -0.1) is 0 Å². The largest absolute Gasteiger partial charge is 0.369 e. The van der Waals surface area contributed by atoms with Crippen LogP contribution in [0.1, 0.15) is 43.0 Å². The Morgan fingerprint density at radius 3 is 2.67 bits per heavy atom. The van der Waals surface area contributed by atoms with E-state index in [0.717, 1.165) is 25.2 Å². The predicted molar refractivity (Wildman–Crippen MR) is 82.4 cm³/mol. The van der Waals surface area contributed by atoms with Gasteiger partial charge in [0.25, 0.3) is 0 Å². The maximum atomic E-state index is 13.9. The average molecular weight is 290 g/mol. The summed E-state index contributed by atoms with van der Waals surface area (Å²) in [6.45, 7) is 5.62. The topological polar surface area (TPSA) is 23.6 Å². The summed E-state index contributed by atoms with van der Waals surface area (Å²) < 4.78 is 13.9. The maximum Gasteiger partial charge on any atom is 0.164 e. The predicted octanol–water partition coefficient (Wildman–Crippen LogP) is 3.09. The van der Waals surface area contributed by atoms with Gasteiger partial charge in [-0.1, -0.05) is 12.5 Å². The molecule has 0 amide bonds. The SMILES string of the molecule is CC(=O)c1c(F)cccc1N1CCC(N2CCCCC2)C1. The molecule has 2 saturated heterocycles. The van der Waals surface area contributed by atoms with E-state index in [1.165, 1.54) is 45.3 Å². The van der Waals surface area contributed by atoms with Gasteiger partial charge in [0.1, 0.15) is 5.82 Å². The first-order valence-electron chi connectivity index (χ1n) is 7.95. The van der Waals surface area contributed by atoms with Gasteiger partial charge < -0.3 is 4.90 Å². The van der Waals surface area contributed by atoms with E-state index in [-0.39, 0.29) is 11.3 Å². The third-order valence-corrected chi connectivity index (χ3v) is 4.75. The molecule has 3 nitrogen and oxygen atoms in total. The molecule has 21 heavy (non-hydrogen) atoms. The highest BCUT2D eigenvalue weighted by atomic mass is 19.1. The van der Waals surface area contributed by atoms with Crippen LogP contribution >= 0.6 is 0 Å². The van der Waals surface area contributed by atoms with E-state index >= 15 is 0 Å². The molecule has 1 aromatic carbocycles. The third kappa shape index (κ3) is 2.95. The molecule has 0 spiro atoms. The Morgan fingerprint density at radius 1 is 1.19 bits per heavy atom. The summed E-state index contributed by atoms with van der Waals surface area (Å²) >= 11 is 0. The number of likely N-dealkylation sites (tertiary alicyclic amines) is 1. The van der Waals surface area contributed by atoms with Crippen molar-refractivity contribution in [3.8, 4) is 0 Å². The quantitative estimate of drug-likeness (QED) is 0.799. The van der Waals surface area contributed by atoms with Gasteiger partial charge >= 0.3 is 0 Å². The molecule has 1 unspecified atom stereocenters. The molecule has 0 bridgehead atoms. The Labute approximate surface area is 125 Å². The van der Waals surface area contributed by atoms with Crippen molar-refractivity contribution in [2.45, 2.75) is 38.6 Å². The Balaban J connectivity index is 1.77. The van der Waals surface area contributed by atoms with E-state index in [4.69, 9.17) is 0 Å². The summed E-state index contributed by atoms with van der Waals surface area (Å²) in [5.74, 6) is -0.592. The summed E-state index contributed by atoms with van der Waals surface area (Å²) in [7, 11) is 0. The average Bonchev–Trinajstić information content (AvgIpc) is 2.97. The zero-order valence-electron chi connectivity index (χ0n) is 12.6. The van der Waals surface area contributed by atoms with Gasteiger partial charge in [0, 0.05) is 19.1 Å². The Kier molecular flexibility index (Phi) is 4.24. The van der Waals surface area contributed by atoms with E-state index < -0.39 is 5.82 Å². The number of Topliss-reactive ketones (excluding diaryl/α,β-unsaturated/α-hetero) is 1. The van der Waals surface area contributed by atoms with E-state index in [1.54, 1.807) is 6.07 Å². The monoisotopic (exact) mass is 290 g/mol. The normalized spacial score (nSPS) is 23.5. The van der Waals surface area contributed by atoms with Gasteiger partial charge in [0.2, 0.25) is 0 Å². The lowest BCUT2D eigenvalue weighted by Crippen LogP contribution is -2.41. The van der Waals surface area contributed by atoms with E-state index in [0.29, 0.717) is 6.04 Å². The molecule has 0 aromatic heterocycles. The molecular formula is C17H23FN2O. The lowest BCUT2D eigenvalue weighted by molar-refractivity contribution is 0.101. The van der Waals surface area contributed by atoms with Gasteiger partial charge in [0.05, 0.1) is 11.3 Å². The first kappa shape index (κ1) is 14.5. The van der Waals surface area contributed by atoms with Crippen LogP contribution in [-0.2, 0) is 0 Å². The molecule has 3 rings (SSSR count). The summed E-state index contributed by atoms with van der Waals surface area (Å²) in [6, 6.07) is 5.50. The highest BCUT2D eigenvalue weighted by Gasteiger charge is 2.30. The number of benzene rings is 1. The molecule has 2 aliphatic heterocycles. The zero-order valence-corrected chi connectivity index (χ0v) is 12.6. The summed E-state index contributed by atoms with van der Waals surface area (Å²) in [4.78, 5) is 16.5. The van der Waals surface area contributed by atoms with Crippen molar-refractivity contribution in [1.29, 1.82) is 0 Å². The van der Waals surface area contributed by atoms with Gasteiger partial charge in [0.15, 0.2) is 5.78 Å². The van der Waals surface area contributed by atoms with Crippen LogP contribution in [0.4, 0.5) is 10.1 Å². The first-order valence-corrected chi connectivity index (χ1v) is 7.95. The van der Waals surface area contributed by atoms with Crippen molar-refractivity contribution in [3.63, 3.8) is 0 Å². The fraction of sp³-hybridized carbons (Fsp3) is 0.588. The number of rotatable bonds is 3. The first-order chi connectivity index (χ1) is 10.2. The molecule has 0 saturated carbocycles. The van der Waals surface area contributed by atoms with Crippen molar-refractivity contribution >= 4 is 11.5 Å². The number of hydrogen-bond donors (Lipinski definition) is 0. The zero-order chi connectivity index (χ0) is 14.8. The number of nitrogens with zero attached hydrogens (tertiary/aromatic N) is 2. The summed E-state index contributed by atoms with van der Waals surface area (Å²) in [6.07, 6.45) is 5.02. The van der Waals surface area contributed by atoms with Crippen molar-refractivity contribution < 1.29 is 9.18 Å².